The summed E-state index contributed by atoms with van der Waals surface area (Å²) in [7, 11) is 0. The van der Waals surface area contributed by atoms with E-state index in [9.17, 15) is 4.79 Å². The van der Waals surface area contributed by atoms with Crippen LogP contribution in [-0.4, -0.2) is 20.7 Å². The molecule has 0 aliphatic carbocycles. The molecule has 0 bridgehead atoms. The average Bonchev–Trinajstić information content (AvgIpc) is 3.15. The van der Waals surface area contributed by atoms with Crippen molar-refractivity contribution in [1.29, 1.82) is 5.26 Å². The molecular weight excluding hydrogens is 320 g/mol. The number of halogens is 1. The summed E-state index contributed by atoms with van der Waals surface area (Å²) in [5, 5.41) is 20.7. The van der Waals surface area contributed by atoms with Gasteiger partial charge in [0.1, 0.15) is 11.8 Å². The highest BCUT2D eigenvalue weighted by atomic mass is 35.5. The van der Waals surface area contributed by atoms with Crippen LogP contribution >= 0.6 is 22.9 Å². The summed E-state index contributed by atoms with van der Waals surface area (Å²) >= 11 is 6.93. The highest BCUT2D eigenvalue weighted by Gasteiger charge is 2.16. The molecule has 7 heteroatoms. The predicted octanol–water partition coefficient (Wildman–Crippen LogP) is 3.76. The van der Waals surface area contributed by atoms with Gasteiger partial charge in [0.2, 0.25) is 0 Å². The number of nitrogens with zero attached hydrogens (tertiary/aromatic N) is 3. The second-order valence-electron chi connectivity index (χ2n) is 4.66. The fraction of sp³-hybridized carbons (Fsp3) is 0.0667. The first kappa shape index (κ1) is 14.4. The molecule has 0 saturated heterocycles. The third-order valence-corrected chi connectivity index (χ3v) is 4.37. The van der Waals surface area contributed by atoms with E-state index in [1.54, 1.807) is 0 Å². The summed E-state index contributed by atoms with van der Waals surface area (Å²) in [5.74, 6) is 0. The fourth-order valence-corrected chi connectivity index (χ4v) is 3.26. The van der Waals surface area contributed by atoms with E-state index in [0.717, 1.165) is 22.3 Å². The fourth-order valence-electron chi connectivity index (χ4n) is 2.27. The zero-order valence-corrected chi connectivity index (χ0v) is 13.0. The van der Waals surface area contributed by atoms with Gasteiger partial charge in [-0.1, -0.05) is 6.07 Å². The lowest BCUT2D eigenvalue weighted by Gasteiger charge is -2.06. The Hall–Kier alpha value is -2.49. The molecule has 0 amide bonds. The monoisotopic (exact) mass is 328 g/mol. The highest BCUT2D eigenvalue weighted by Crippen LogP contribution is 2.33. The van der Waals surface area contributed by atoms with Crippen LogP contribution < -0.4 is 0 Å². The van der Waals surface area contributed by atoms with Gasteiger partial charge in [-0.05, 0) is 53.2 Å². The van der Waals surface area contributed by atoms with E-state index in [2.05, 4.69) is 15.4 Å². The van der Waals surface area contributed by atoms with Crippen molar-refractivity contribution in [3.05, 3.63) is 45.8 Å². The molecule has 0 spiro atoms. The van der Waals surface area contributed by atoms with Gasteiger partial charge in [-0.25, -0.2) is 0 Å². The van der Waals surface area contributed by atoms with Crippen molar-refractivity contribution < 1.29 is 4.79 Å². The van der Waals surface area contributed by atoms with Crippen molar-refractivity contribution in [1.82, 2.24) is 15.4 Å². The molecule has 1 aromatic carbocycles. The van der Waals surface area contributed by atoms with Gasteiger partial charge in [0.25, 0.3) is 5.24 Å². The lowest BCUT2D eigenvalue weighted by molar-refractivity contribution is 0.108. The van der Waals surface area contributed by atoms with Crippen LogP contribution in [0.25, 0.3) is 22.4 Å². The Bertz CT molecular complexity index is 906. The second kappa shape index (κ2) is 5.72. The van der Waals surface area contributed by atoms with Gasteiger partial charge in [-0.2, -0.15) is 15.6 Å². The molecule has 0 fully saturated rings. The number of aromatic amines is 1. The Labute approximate surface area is 135 Å². The number of carbonyl (C=O) groups excluding carboxylic acids is 1. The topological polar surface area (TPSA) is 82.4 Å². The van der Waals surface area contributed by atoms with Gasteiger partial charge in [-0.3, -0.25) is 4.79 Å². The first-order chi connectivity index (χ1) is 10.6. The van der Waals surface area contributed by atoms with Crippen LogP contribution in [-0.2, 0) is 0 Å². The molecule has 3 rings (SSSR count). The number of nitrogens with one attached hydrogen (secondary N) is 1. The summed E-state index contributed by atoms with van der Waals surface area (Å²) in [5.41, 5.74) is 4.10. The number of nitriles is 1. The van der Waals surface area contributed by atoms with Gasteiger partial charge >= 0.3 is 0 Å². The Morgan fingerprint density at radius 1 is 1.32 bits per heavy atom. The Kier molecular flexibility index (Phi) is 3.75. The first-order valence-corrected chi connectivity index (χ1v) is 7.56. The molecule has 0 saturated carbocycles. The number of aryl methyl sites for hydroxylation is 1. The molecule has 108 valence electrons. The predicted molar refractivity (Wildman–Crippen MR) is 84.8 cm³/mol. The third kappa shape index (κ3) is 2.52. The Morgan fingerprint density at radius 3 is 2.82 bits per heavy atom. The number of aromatic nitrogens is 3. The molecule has 3 aromatic rings. The maximum atomic E-state index is 11.5. The highest BCUT2D eigenvalue weighted by molar-refractivity contribution is 7.14. The summed E-state index contributed by atoms with van der Waals surface area (Å²) in [4.78, 5) is 12.0. The molecular formula is C15H9ClN4OS. The molecule has 0 aliphatic heterocycles. The molecule has 0 unspecified atom stereocenters. The minimum absolute atomic E-state index is 0.232. The van der Waals surface area contributed by atoms with Gasteiger partial charge in [0, 0.05) is 11.1 Å². The summed E-state index contributed by atoms with van der Waals surface area (Å²) in [6, 6.07) is 9.60. The molecule has 5 nitrogen and oxygen atoms in total. The van der Waals surface area contributed by atoms with Crippen LogP contribution in [0.15, 0.2) is 29.6 Å². The van der Waals surface area contributed by atoms with Crippen molar-refractivity contribution >= 4 is 28.2 Å². The molecule has 0 radical (unpaired) electrons. The number of H-pyrrole nitrogens is 1. The van der Waals surface area contributed by atoms with Crippen LogP contribution in [0.2, 0.25) is 0 Å². The first-order valence-electron chi connectivity index (χ1n) is 6.31. The van der Waals surface area contributed by atoms with Crippen molar-refractivity contribution in [2.45, 2.75) is 6.92 Å². The standard InChI is InChI=1S/C15H9ClN4OS/c1-8-4-9(11-2-3-22-14(11)15(16)21)6-10(5-8)13-12(7-17)18-20-19-13/h2-6H,1H3,(H,18,19,20). The molecule has 22 heavy (non-hydrogen) atoms. The van der Waals surface area contributed by atoms with Crippen molar-refractivity contribution in [2.75, 3.05) is 0 Å². The van der Waals surface area contributed by atoms with Crippen molar-refractivity contribution in [2.24, 2.45) is 0 Å². The largest absolute Gasteiger partial charge is 0.275 e. The van der Waals surface area contributed by atoms with E-state index in [1.165, 1.54) is 11.3 Å². The molecule has 0 aliphatic rings. The number of thiophene rings is 1. The molecule has 2 aromatic heterocycles. The molecule has 2 heterocycles. The average molecular weight is 329 g/mol. The van der Waals surface area contributed by atoms with Crippen LogP contribution in [0, 0.1) is 18.3 Å². The quantitative estimate of drug-likeness (QED) is 0.742. The van der Waals surface area contributed by atoms with E-state index in [-0.39, 0.29) is 5.69 Å². The maximum absolute atomic E-state index is 11.5. The van der Waals surface area contributed by atoms with E-state index >= 15 is 0 Å². The van der Waals surface area contributed by atoms with Gasteiger partial charge in [0.05, 0.1) is 4.88 Å². The molecule has 1 N–H and O–H groups in total. The number of rotatable bonds is 3. The van der Waals surface area contributed by atoms with Crippen LogP contribution in [0.4, 0.5) is 0 Å². The number of hydrogen-bond acceptors (Lipinski definition) is 5. The van der Waals surface area contributed by atoms with Gasteiger partial charge in [-0.15, -0.1) is 16.4 Å². The van der Waals surface area contributed by atoms with Gasteiger partial charge in [0.15, 0.2) is 5.69 Å². The zero-order valence-electron chi connectivity index (χ0n) is 11.4. The third-order valence-electron chi connectivity index (χ3n) is 3.16. The van der Waals surface area contributed by atoms with E-state index < -0.39 is 5.24 Å². The normalized spacial score (nSPS) is 10.4. The summed E-state index contributed by atoms with van der Waals surface area (Å²) in [6.07, 6.45) is 0. The number of hydrogen-bond donors (Lipinski definition) is 1. The lowest BCUT2D eigenvalue weighted by Crippen LogP contribution is -1.90. The summed E-state index contributed by atoms with van der Waals surface area (Å²) in [6.45, 7) is 1.94. The minimum Gasteiger partial charge on any atom is -0.275 e. The Morgan fingerprint density at radius 2 is 2.09 bits per heavy atom. The van der Waals surface area contributed by atoms with Crippen LogP contribution in [0.5, 0.6) is 0 Å². The zero-order chi connectivity index (χ0) is 15.7. The maximum Gasteiger partial charge on any atom is 0.263 e. The second-order valence-corrected chi connectivity index (χ2v) is 5.92. The van der Waals surface area contributed by atoms with Gasteiger partial charge < -0.3 is 0 Å². The Balaban J connectivity index is 2.18. The van der Waals surface area contributed by atoms with Crippen molar-refractivity contribution in [3.63, 3.8) is 0 Å². The molecule has 0 atom stereocenters. The summed E-state index contributed by atoms with van der Waals surface area (Å²) < 4.78 is 0. The van der Waals surface area contributed by atoms with E-state index in [1.807, 2.05) is 42.6 Å². The SMILES string of the molecule is Cc1cc(-c2ccsc2C(=O)Cl)cc(-c2n[nH]nc2C#N)c1. The van der Waals surface area contributed by atoms with E-state index in [0.29, 0.717) is 10.6 Å². The minimum atomic E-state index is -0.479. The van der Waals surface area contributed by atoms with E-state index in [4.69, 9.17) is 16.9 Å². The van der Waals surface area contributed by atoms with Crippen LogP contribution in [0.3, 0.4) is 0 Å². The smallest absolute Gasteiger partial charge is 0.263 e. The van der Waals surface area contributed by atoms with Crippen molar-refractivity contribution in [3.8, 4) is 28.5 Å². The number of carbonyl (C=O) groups is 1. The number of benzene rings is 1. The van der Waals surface area contributed by atoms with Crippen LogP contribution in [0.1, 0.15) is 20.9 Å². The lowest BCUT2D eigenvalue weighted by atomic mass is 9.99.